The van der Waals surface area contributed by atoms with Crippen molar-refractivity contribution >= 4 is 21.9 Å². The van der Waals surface area contributed by atoms with Crippen molar-refractivity contribution in [3.63, 3.8) is 0 Å². The molecule has 0 fully saturated rings. The molecule has 1 aromatic rings. The van der Waals surface area contributed by atoms with Crippen LogP contribution >= 0.6 is 15.9 Å². The Morgan fingerprint density at radius 3 is 2.39 bits per heavy atom. The quantitative estimate of drug-likeness (QED) is 0.597. The van der Waals surface area contributed by atoms with Crippen LogP contribution in [0.5, 0.6) is 5.75 Å². The van der Waals surface area contributed by atoms with Gasteiger partial charge in [-0.25, -0.2) is 0 Å². The van der Waals surface area contributed by atoms with Crippen molar-refractivity contribution in [2.24, 2.45) is 5.41 Å². The molecular formula is C14H19BrO3. The van der Waals surface area contributed by atoms with Crippen LogP contribution in [0.4, 0.5) is 0 Å². The van der Waals surface area contributed by atoms with Crippen LogP contribution in [0.1, 0.15) is 19.4 Å². The van der Waals surface area contributed by atoms with Gasteiger partial charge in [0.1, 0.15) is 5.75 Å². The summed E-state index contributed by atoms with van der Waals surface area (Å²) in [4.78, 5) is 11.6. The van der Waals surface area contributed by atoms with Gasteiger partial charge in [-0.15, -0.1) is 0 Å². The highest BCUT2D eigenvalue weighted by molar-refractivity contribution is 9.09. The van der Waals surface area contributed by atoms with E-state index in [0.29, 0.717) is 13.0 Å². The van der Waals surface area contributed by atoms with Crippen LogP contribution in [-0.4, -0.2) is 25.0 Å². The van der Waals surface area contributed by atoms with Gasteiger partial charge in [-0.3, -0.25) is 4.79 Å². The van der Waals surface area contributed by atoms with Crippen molar-refractivity contribution in [1.29, 1.82) is 0 Å². The first-order valence-corrected chi connectivity index (χ1v) is 6.98. The zero-order chi connectivity index (χ0) is 13.6. The van der Waals surface area contributed by atoms with Gasteiger partial charge in [-0.05, 0) is 38.0 Å². The Balaban J connectivity index is 2.66. The highest BCUT2D eigenvalue weighted by Crippen LogP contribution is 2.24. The summed E-state index contributed by atoms with van der Waals surface area (Å²) in [6.45, 7) is 4.41. The van der Waals surface area contributed by atoms with E-state index in [2.05, 4.69) is 15.9 Å². The molecule has 0 radical (unpaired) electrons. The molecule has 0 heterocycles. The zero-order valence-electron chi connectivity index (χ0n) is 11.0. The fraction of sp³-hybridized carbons (Fsp3) is 0.500. The molecule has 0 amide bonds. The standard InChI is InChI=1S/C14H19BrO3/c1-14(2,13(16)17-3)10-11-4-6-12(7-5-11)18-9-8-15/h4-7H,8-10H2,1-3H3. The summed E-state index contributed by atoms with van der Waals surface area (Å²) in [5.41, 5.74) is 0.587. The maximum absolute atomic E-state index is 11.6. The molecule has 0 aromatic heterocycles. The molecule has 100 valence electrons. The summed E-state index contributed by atoms with van der Waals surface area (Å²) in [5, 5.41) is 0.810. The van der Waals surface area contributed by atoms with Crippen LogP contribution in [0.2, 0.25) is 0 Å². The summed E-state index contributed by atoms with van der Waals surface area (Å²) < 4.78 is 10.3. The molecular weight excluding hydrogens is 296 g/mol. The van der Waals surface area contributed by atoms with Crippen molar-refractivity contribution in [3.8, 4) is 5.75 Å². The predicted molar refractivity (Wildman–Crippen MR) is 75.2 cm³/mol. The zero-order valence-corrected chi connectivity index (χ0v) is 12.6. The predicted octanol–water partition coefficient (Wildman–Crippen LogP) is 3.20. The van der Waals surface area contributed by atoms with Crippen molar-refractivity contribution < 1.29 is 14.3 Å². The number of carbonyl (C=O) groups is 1. The topological polar surface area (TPSA) is 35.5 Å². The average molecular weight is 315 g/mol. The summed E-state index contributed by atoms with van der Waals surface area (Å²) in [7, 11) is 1.42. The fourth-order valence-electron chi connectivity index (χ4n) is 1.72. The van der Waals surface area contributed by atoms with Crippen LogP contribution in [0.15, 0.2) is 24.3 Å². The lowest BCUT2D eigenvalue weighted by molar-refractivity contribution is -0.150. The van der Waals surface area contributed by atoms with Gasteiger partial charge in [-0.2, -0.15) is 0 Å². The summed E-state index contributed by atoms with van der Waals surface area (Å²) in [6.07, 6.45) is 0.651. The third-order valence-corrected chi connectivity index (χ3v) is 2.98. The van der Waals surface area contributed by atoms with Crippen LogP contribution < -0.4 is 4.74 Å². The molecule has 0 saturated carbocycles. The molecule has 3 nitrogen and oxygen atoms in total. The summed E-state index contributed by atoms with van der Waals surface area (Å²) in [6, 6.07) is 7.80. The van der Waals surface area contributed by atoms with Crippen molar-refractivity contribution in [2.75, 3.05) is 19.0 Å². The Labute approximate surface area is 117 Å². The number of esters is 1. The first kappa shape index (κ1) is 15.0. The van der Waals surface area contributed by atoms with Gasteiger partial charge in [-0.1, -0.05) is 28.1 Å². The van der Waals surface area contributed by atoms with Crippen LogP contribution in [0.3, 0.4) is 0 Å². The molecule has 0 aliphatic heterocycles. The molecule has 0 bridgehead atoms. The number of halogens is 1. The number of benzene rings is 1. The molecule has 0 N–H and O–H groups in total. The number of alkyl halides is 1. The molecule has 0 atom stereocenters. The van der Waals surface area contributed by atoms with Gasteiger partial charge in [0.2, 0.25) is 0 Å². The minimum atomic E-state index is -0.507. The third-order valence-electron chi connectivity index (χ3n) is 2.65. The number of rotatable bonds is 6. The van der Waals surface area contributed by atoms with Gasteiger partial charge in [0.25, 0.3) is 0 Å². The summed E-state index contributed by atoms with van der Waals surface area (Å²) in [5.74, 6) is 0.649. The Kier molecular flexibility index (Phi) is 5.66. The lowest BCUT2D eigenvalue weighted by Gasteiger charge is -2.21. The number of hydrogen-bond acceptors (Lipinski definition) is 3. The lowest BCUT2D eigenvalue weighted by Crippen LogP contribution is -2.27. The largest absolute Gasteiger partial charge is 0.493 e. The summed E-state index contributed by atoms with van der Waals surface area (Å²) >= 11 is 3.31. The monoisotopic (exact) mass is 314 g/mol. The van der Waals surface area contributed by atoms with Gasteiger partial charge >= 0.3 is 5.97 Å². The van der Waals surface area contributed by atoms with Crippen molar-refractivity contribution in [1.82, 2.24) is 0 Å². The second-order valence-corrected chi connectivity index (χ2v) is 5.53. The van der Waals surface area contributed by atoms with Crippen molar-refractivity contribution in [3.05, 3.63) is 29.8 Å². The first-order valence-electron chi connectivity index (χ1n) is 5.86. The van der Waals surface area contributed by atoms with Crippen LogP contribution in [-0.2, 0) is 16.0 Å². The molecule has 0 aliphatic rings. The molecule has 18 heavy (non-hydrogen) atoms. The van der Waals surface area contributed by atoms with E-state index in [4.69, 9.17) is 9.47 Å². The van der Waals surface area contributed by atoms with Gasteiger partial charge in [0.15, 0.2) is 0 Å². The fourth-order valence-corrected chi connectivity index (χ4v) is 1.88. The second-order valence-electron chi connectivity index (χ2n) is 4.73. The third kappa shape index (κ3) is 4.33. The number of carbonyl (C=O) groups excluding carboxylic acids is 1. The lowest BCUT2D eigenvalue weighted by atomic mass is 9.86. The Bertz CT molecular complexity index is 385. The Hall–Kier alpha value is -1.03. The Morgan fingerprint density at radius 1 is 1.28 bits per heavy atom. The smallest absolute Gasteiger partial charge is 0.311 e. The normalized spacial score (nSPS) is 11.1. The van der Waals surface area contributed by atoms with E-state index in [9.17, 15) is 4.79 Å². The van der Waals surface area contributed by atoms with Gasteiger partial charge in [0.05, 0.1) is 19.1 Å². The number of methoxy groups -OCH3 is 1. The van der Waals surface area contributed by atoms with Crippen LogP contribution in [0.25, 0.3) is 0 Å². The van der Waals surface area contributed by atoms with E-state index in [0.717, 1.165) is 16.6 Å². The van der Waals surface area contributed by atoms with Gasteiger partial charge in [0, 0.05) is 5.33 Å². The number of ether oxygens (including phenoxy) is 2. The highest BCUT2D eigenvalue weighted by Gasteiger charge is 2.28. The molecule has 1 rings (SSSR count). The van der Waals surface area contributed by atoms with E-state index < -0.39 is 5.41 Å². The van der Waals surface area contributed by atoms with E-state index in [1.807, 2.05) is 38.1 Å². The molecule has 0 unspecified atom stereocenters. The maximum atomic E-state index is 11.6. The van der Waals surface area contributed by atoms with Crippen molar-refractivity contribution in [2.45, 2.75) is 20.3 Å². The van der Waals surface area contributed by atoms with E-state index >= 15 is 0 Å². The molecule has 0 saturated heterocycles. The average Bonchev–Trinajstić information content (AvgIpc) is 2.36. The Morgan fingerprint density at radius 2 is 1.89 bits per heavy atom. The highest BCUT2D eigenvalue weighted by atomic mass is 79.9. The first-order chi connectivity index (χ1) is 8.49. The van der Waals surface area contributed by atoms with Crippen LogP contribution in [0, 0.1) is 5.41 Å². The maximum Gasteiger partial charge on any atom is 0.311 e. The number of hydrogen-bond donors (Lipinski definition) is 0. The molecule has 1 aromatic carbocycles. The molecule has 0 spiro atoms. The minimum Gasteiger partial charge on any atom is -0.493 e. The van der Waals surface area contributed by atoms with Gasteiger partial charge < -0.3 is 9.47 Å². The van der Waals surface area contributed by atoms with E-state index in [1.165, 1.54) is 7.11 Å². The molecule has 4 heteroatoms. The van der Waals surface area contributed by atoms with E-state index in [1.54, 1.807) is 0 Å². The SMILES string of the molecule is COC(=O)C(C)(C)Cc1ccc(OCCBr)cc1. The second kappa shape index (κ2) is 6.78. The van der Waals surface area contributed by atoms with E-state index in [-0.39, 0.29) is 5.97 Å². The molecule has 0 aliphatic carbocycles. The minimum absolute atomic E-state index is 0.192.